The lowest BCUT2D eigenvalue weighted by Crippen LogP contribution is -2.48. The summed E-state index contributed by atoms with van der Waals surface area (Å²) in [7, 11) is 0. The van der Waals surface area contributed by atoms with Gasteiger partial charge in [0.15, 0.2) is 0 Å². The Hall–Kier alpha value is -1.13. The molecule has 1 unspecified atom stereocenters. The average Bonchev–Trinajstić information content (AvgIpc) is 3.13. The number of hydrogen-bond donors (Lipinski definition) is 2. The van der Waals surface area contributed by atoms with Crippen LogP contribution in [0.3, 0.4) is 0 Å². The summed E-state index contributed by atoms with van der Waals surface area (Å²) in [6, 6.07) is 5.20. The number of halogens is 2. The van der Waals surface area contributed by atoms with Crippen LogP contribution in [0, 0.1) is 17.2 Å². The standard InChI is InChI=1S/C18H23FN2O.ClH/c19-15-6-3-5-14-13(15)7-8-16(14)21-17(22)18-9-2-1-4-12(18)10-20-11-18;/h3,5-6,12,16,20H,1-2,4,7-11H2,(H,21,22);1H/t12-,16?,18+;/m0./s1. The summed E-state index contributed by atoms with van der Waals surface area (Å²) in [4.78, 5) is 13.0. The van der Waals surface area contributed by atoms with Gasteiger partial charge in [0.1, 0.15) is 5.82 Å². The first-order valence-corrected chi connectivity index (χ1v) is 8.50. The third kappa shape index (κ3) is 2.66. The molecule has 3 aliphatic rings. The Balaban J connectivity index is 0.00000156. The molecule has 0 aromatic heterocycles. The van der Waals surface area contributed by atoms with E-state index in [1.165, 1.54) is 12.5 Å². The van der Waals surface area contributed by atoms with Crippen LogP contribution in [0.4, 0.5) is 4.39 Å². The number of rotatable bonds is 2. The van der Waals surface area contributed by atoms with E-state index in [9.17, 15) is 9.18 Å². The molecule has 23 heavy (non-hydrogen) atoms. The Morgan fingerprint density at radius 3 is 3.04 bits per heavy atom. The molecule has 5 heteroatoms. The fraction of sp³-hybridized carbons (Fsp3) is 0.611. The van der Waals surface area contributed by atoms with E-state index in [4.69, 9.17) is 0 Å². The number of fused-ring (bicyclic) bond motifs is 2. The second-order valence-electron chi connectivity index (χ2n) is 7.10. The Morgan fingerprint density at radius 1 is 1.30 bits per heavy atom. The Labute approximate surface area is 142 Å². The molecule has 0 radical (unpaired) electrons. The van der Waals surface area contributed by atoms with E-state index in [1.54, 1.807) is 6.07 Å². The maximum atomic E-state index is 13.8. The van der Waals surface area contributed by atoms with Crippen molar-refractivity contribution in [2.24, 2.45) is 11.3 Å². The van der Waals surface area contributed by atoms with Crippen molar-refractivity contribution in [2.45, 2.75) is 44.6 Å². The van der Waals surface area contributed by atoms with Gasteiger partial charge >= 0.3 is 0 Å². The summed E-state index contributed by atoms with van der Waals surface area (Å²) in [6.07, 6.45) is 6.05. The first kappa shape index (κ1) is 16.7. The molecule has 126 valence electrons. The van der Waals surface area contributed by atoms with E-state index < -0.39 is 0 Å². The fourth-order valence-electron chi connectivity index (χ4n) is 4.75. The zero-order valence-electron chi connectivity index (χ0n) is 13.2. The number of carbonyl (C=O) groups excluding carboxylic acids is 1. The lowest BCUT2D eigenvalue weighted by molar-refractivity contribution is -0.134. The summed E-state index contributed by atoms with van der Waals surface area (Å²) in [5, 5.41) is 6.67. The van der Waals surface area contributed by atoms with E-state index in [-0.39, 0.29) is 35.6 Å². The Morgan fingerprint density at radius 2 is 2.17 bits per heavy atom. The number of hydrogen-bond acceptors (Lipinski definition) is 2. The predicted molar refractivity (Wildman–Crippen MR) is 90.1 cm³/mol. The molecule has 1 aliphatic heterocycles. The van der Waals surface area contributed by atoms with Crippen molar-refractivity contribution in [3.8, 4) is 0 Å². The molecule has 4 rings (SSSR count). The van der Waals surface area contributed by atoms with Crippen LogP contribution in [-0.4, -0.2) is 19.0 Å². The number of nitrogens with one attached hydrogen (secondary N) is 2. The van der Waals surface area contributed by atoms with Crippen molar-refractivity contribution in [2.75, 3.05) is 13.1 Å². The highest BCUT2D eigenvalue weighted by Gasteiger charge is 2.50. The molecule has 2 aliphatic carbocycles. The highest BCUT2D eigenvalue weighted by atomic mass is 35.5. The van der Waals surface area contributed by atoms with Crippen molar-refractivity contribution in [3.63, 3.8) is 0 Å². The van der Waals surface area contributed by atoms with Gasteiger partial charge in [-0.1, -0.05) is 25.0 Å². The van der Waals surface area contributed by atoms with E-state index >= 15 is 0 Å². The maximum Gasteiger partial charge on any atom is 0.228 e. The van der Waals surface area contributed by atoms with Gasteiger partial charge in [-0.2, -0.15) is 0 Å². The van der Waals surface area contributed by atoms with Crippen LogP contribution in [0.5, 0.6) is 0 Å². The summed E-state index contributed by atoms with van der Waals surface area (Å²) in [5.41, 5.74) is 1.53. The van der Waals surface area contributed by atoms with Crippen molar-refractivity contribution in [3.05, 3.63) is 35.1 Å². The van der Waals surface area contributed by atoms with Crippen LogP contribution in [-0.2, 0) is 11.2 Å². The molecule has 1 aromatic rings. The van der Waals surface area contributed by atoms with E-state index in [0.717, 1.165) is 56.3 Å². The zero-order chi connectivity index (χ0) is 15.2. The average molecular weight is 339 g/mol. The maximum absolute atomic E-state index is 13.8. The second kappa shape index (κ2) is 6.40. The summed E-state index contributed by atoms with van der Waals surface area (Å²) in [5.74, 6) is 0.518. The monoisotopic (exact) mass is 338 g/mol. The minimum atomic E-state index is -0.228. The molecule has 2 N–H and O–H groups in total. The second-order valence-corrected chi connectivity index (χ2v) is 7.10. The molecule has 3 atom stereocenters. The van der Waals surface area contributed by atoms with Crippen LogP contribution in [0.15, 0.2) is 18.2 Å². The van der Waals surface area contributed by atoms with Crippen molar-refractivity contribution < 1.29 is 9.18 Å². The van der Waals surface area contributed by atoms with E-state index in [2.05, 4.69) is 10.6 Å². The molecule has 1 aromatic carbocycles. The molecular formula is C18H24ClFN2O. The lowest BCUT2D eigenvalue weighted by Gasteiger charge is -2.38. The molecule has 0 spiro atoms. The molecule has 1 amide bonds. The fourth-order valence-corrected chi connectivity index (χ4v) is 4.75. The highest BCUT2D eigenvalue weighted by molar-refractivity contribution is 5.85. The van der Waals surface area contributed by atoms with Gasteiger partial charge in [-0.05, 0) is 55.3 Å². The first-order valence-electron chi connectivity index (χ1n) is 8.50. The van der Waals surface area contributed by atoms with Crippen LogP contribution < -0.4 is 10.6 Å². The largest absolute Gasteiger partial charge is 0.349 e. The van der Waals surface area contributed by atoms with Gasteiger partial charge in [0, 0.05) is 6.54 Å². The van der Waals surface area contributed by atoms with Gasteiger partial charge in [-0.15, -0.1) is 12.4 Å². The number of benzene rings is 1. The molecule has 1 saturated heterocycles. The lowest BCUT2D eigenvalue weighted by atomic mass is 9.67. The molecule has 2 fully saturated rings. The van der Waals surface area contributed by atoms with Crippen molar-refractivity contribution in [1.29, 1.82) is 0 Å². The summed E-state index contributed by atoms with van der Waals surface area (Å²) < 4.78 is 13.8. The summed E-state index contributed by atoms with van der Waals surface area (Å²) >= 11 is 0. The molecule has 3 nitrogen and oxygen atoms in total. The van der Waals surface area contributed by atoms with Gasteiger partial charge in [0.05, 0.1) is 11.5 Å². The third-order valence-electron chi connectivity index (χ3n) is 6.01. The molecule has 0 bridgehead atoms. The van der Waals surface area contributed by atoms with Gasteiger partial charge in [-0.3, -0.25) is 4.79 Å². The molecular weight excluding hydrogens is 315 g/mol. The van der Waals surface area contributed by atoms with E-state index in [1.807, 2.05) is 6.07 Å². The van der Waals surface area contributed by atoms with Crippen molar-refractivity contribution >= 4 is 18.3 Å². The van der Waals surface area contributed by atoms with Crippen LogP contribution in [0.2, 0.25) is 0 Å². The highest BCUT2D eigenvalue weighted by Crippen LogP contribution is 2.45. The van der Waals surface area contributed by atoms with Crippen LogP contribution in [0.25, 0.3) is 0 Å². The normalized spacial score (nSPS) is 31.9. The Kier molecular flexibility index (Phi) is 4.65. The van der Waals surface area contributed by atoms with Gasteiger partial charge < -0.3 is 10.6 Å². The zero-order valence-corrected chi connectivity index (χ0v) is 14.1. The molecule has 1 saturated carbocycles. The van der Waals surface area contributed by atoms with Crippen LogP contribution >= 0.6 is 12.4 Å². The molecule has 1 heterocycles. The van der Waals surface area contributed by atoms with Crippen LogP contribution in [0.1, 0.15) is 49.3 Å². The van der Waals surface area contributed by atoms with Gasteiger partial charge in [0.25, 0.3) is 0 Å². The van der Waals surface area contributed by atoms with Gasteiger partial charge in [0.2, 0.25) is 5.91 Å². The minimum Gasteiger partial charge on any atom is -0.349 e. The predicted octanol–water partition coefficient (Wildman–Crippen LogP) is 3.13. The minimum absolute atomic E-state index is 0. The third-order valence-corrected chi connectivity index (χ3v) is 6.01. The van der Waals surface area contributed by atoms with Gasteiger partial charge in [-0.25, -0.2) is 4.39 Å². The number of amides is 1. The Bertz CT molecular complexity index is 609. The van der Waals surface area contributed by atoms with Crippen molar-refractivity contribution in [1.82, 2.24) is 10.6 Å². The first-order chi connectivity index (χ1) is 10.7. The SMILES string of the molecule is Cl.O=C(NC1CCc2c(F)cccc21)[C@@]12CCCC[C@H]1CNC2. The van der Waals surface area contributed by atoms with E-state index in [0.29, 0.717) is 5.92 Å². The quantitative estimate of drug-likeness (QED) is 0.870. The number of carbonyl (C=O) groups is 1. The summed E-state index contributed by atoms with van der Waals surface area (Å²) in [6.45, 7) is 1.76. The topological polar surface area (TPSA) is 41.1 Å². The smallest absolute Gasteiger partial charge is 0.228 e.